The highest BCUT2D eigenvalue weighted by Crippen LogP contribution is 2.47. The molecule has 39 heavy (non-hydrogen) atoms. The molecule has 10 nitrogen and oxygen atoms in total. The van der Waals surface area contributed by atoms with Gasteiger partial charge in [-0.2, -0.15) is 4.98 Å². The lowest BCUT2D eigenvalue weighted by Gasteiger charge is -2.37. The molecule has 0 aromatic carbocycles. The molecule has 3 fully saturated rings. The highest BCUT2D eigenvalue weighted by molar-refractivity contribution is 5.91. The molecule has 0 amide bonds. The number of carbonyl (C=O) groups is 1. The molecule has 4 heterocycles. The third-order valence-electron chi connectivity index (χ3n) is 9.19. The van der Waals surface area contributed by atoms with Crippen molar-refractivity contribution in [1.29, 1.82) is 0 Å². The lowest BCUT2D eigenvalue weighted by atomic mass is 9.64. The van der Waals surface area contributed by atoms with Gasteiger partial charge in [0.25, 0.3) is 0 Å². The van der Waals surface area contributed by atoms with E-state index in [0.29, 0.717) is 48.9 Å². The number of carbonyl (C=O) groups excluding carboxylic acids is 1. The fraction of sp³-hybridized carbons (Fsp3) is 0.724. The third kappa shape index (κ3) is 5.30. The Morgan fingerprint density at radius 3 is 2.82 bits per heavy atom. The second kappa shape index (κ2) is 11.5. The van der Waals surface area contributed by atoms with Crippen LogP contribution in [0.2, 0.25) is 0 Å². The first kappa shape index (κ1) is 26.7. The van der Waals surface area contributed by atoms with Crippen LogP contribution in [0.25, 0.3) is 11.6 Å². The van der Waals surface area contributed by atoms with Gasteiger partial charge in [-0.15, -0.1) is 0 Å². The fourth-order valence-electron chi connectivity index (χ4n) is 7.02. The van der Waals surface area contributed by atoms with Gasteiger partial charge in [0.05, 0.1) is 18.6 Å². The van der Waals surface area contributed by atoms with Crippen LogP contribution >= 0.6 is 0 Å². The minimum atomic E-state index is -0.504. The summed E-state index contributed by atoms with van der Waals surface area (Å²) in [6.45, 7) is 7.75. The van der Waals surface area contributed by atoms with Crippen LogP contribution in [-0.2, 0) is 21.4 Å². The Bertz CT molecular complexity index is 1160. The number of Topliss-reactive ketones (excluding diaryl/α,β-unsaturated/α-hetero) is 1. The Morgan fingerprint density at radius 2 is 1.97 bits per heavy atom. The maximum Gasteiger partial charge on any atom is 0.219 e. The van der Waals surface area contributed by atoms with E-state index in [1.165, 1.54) is 6.42 Å². The van der Waals surface area contributed by atoms with E-state index in [0.717, 1.165) is 94.7 Å². The van der Waals surface area contributed by atoms with E-state index in [1.807, 2.05) is 6.07 Å². The smallest absolute Gasteiger partial charge is 0.219 e. The molecule has 2 aromatic heterocycles. The van der Waals surface area contributed by atoms with Crippen molar-refractivity contribution in [1.82, 2.24) is 25.3 Å². The van der Waals surface area contributed by atoms with Gasteiger partial charge in [0.1, 0.15) is 23.4 Å². The van der Waals surface area contributed by atoms with Gasteiger partial charge in [0.15, 0.2) is 0 Å². The Labute approximate surface area is 230 Å². The lowest BCUT2D eigenvalue weighted by Crippen LogP contribution is -2.41. The van der Waals surface area contributed by atoms with Crippen molar-refractivity contribution in [2.24, 2.45) is 0 Å². The molecular formula is C29H42N6O4. The minimum absolute atomic E-state index is 0.0135. The fourth-order valence-corrected chi connectivity index (χ4v) is 7.02. The van der Waals surface area contributed by atoms with Crippen LogP contribution in [0.15, 0.2) is 10.6 Å². The first-order valence-electron chi connectivity index (χ1n) is 14.9. The maximum absolute atomic E-state index is 13.2. The summed E-state index contributed by atoms with van der Waals surface area (Å²) >= 11 is 0. The van der Waals surface area contributed by atoms with Crippen molar-refractivity contribution < 1.29 is 18.8 Å². The summed E-state index contributed by atoms with van der Waals surface area (Å²) in [7, 11) is 2.16. The zero-order valence-electron chi connectivity index (χ0n) is 23.4. The topological polar surface area (TPSA) is 106 Å². The van der Waals surface area contributed by atoms with E-state index in [-0.39, 0.29) is 6.10 Å². The number of likely N-dealkylation sites (tertiary alicyclic amines) is 1. The number of likely N-dealkylation sites (N-methyl/N-ethyl adjacent to an activating group) is 1. The van der Waals surface area contributed by atoms with E-state index >= 15 is 0 Å². The molecule has 1 N–H and O–H groups in total. The number of ether oxygens (including phenoxy) is 2. The number of ketones is 1. The van der Waals surface area contributed by atoms with Crippen LogP contribution in [0.4, 0.5) is 5.82 Å². The van der Waals surface area contributed by atoms with Crippen molar-refractivity contribution in [2.75, 3.05) is 57.9 Å². The van der Waals surface area contributed by atoms with Crippen molar-refractivity contribution in [3.63, 3.8) is 0 Å². The lowest BCUT2D eigenvalue weighted by molar-refractivity contribution is -0.127. The van der Waals surface area contributed by atoms with Crippen LogP contribution in [0, 0.1) is 0 Å². The summed E-state index contributed by atoms with van der Waals surface area (Å²) < 4.78 is 18.3. The standard InChI is InChI=1S/C29H42N6O4/c1-20(22-8-6-14-34(22)2)38-25-19-24(35-15-12-30-13-17-37-18-16-35)31-28(32-25)26-21-7-5-11-29(27(21)33-39-26)10-4-3-9-23(29)36/h19-20,22,30H,3-18H2,1-2H3/t20-,22-,29+/m0/s1. The van der Waals surface area contributed by atoms with Crippen LogP contribution in [-0.4, -0.2) is 90.9 Å². The molecule has 2 aliphatic heterocycles. The zero-order chi connectivity index (χ0) is 26.8. The number of aromatic nitrogens is 3. The summed E-state index contributed by atoms with van der Waals surface area (Å²) in [5.74, 6) is 2.71. The van der Waals surface area contributed by atoms with E-state index in [9.17, 15) is 4.79 Å². The van der Waals surface area contributed by atoms with Gasteiger partial charge in [0, 0.05) is 50.3 Å². The molecule has 1 spiro atoms. The van der Waals surface area contributed by atoms with Gasteiger partial charge in [-0.1, -0.05) is 11.6 Å². The predicted octanol–water partition coefficient (Wildman–Crippen LogP) is 3.14. The molecular weight excluding hydrogens is 496 g/mol. The minimum Gasteiger partial charge on any atom is -0.473 e. The van der Waals surface area contributed by atoms with Crippen LogP contribution in [0.5, 0.6) is 5.88 Å². The molecule has 6 rings (SSSR count). The summed E-state index contributed by atoms with van der Waals surface area (Å²) in [4.78, 5) is 27.7. The molecule has 0 radical (unpaired) electrons. The van der Waals surface area contributed by atoms with Gasteiger partial charge in [-0.3, -0.25) is 9.69 Å². The predicted molar refractivity (Wildman–Crippen MR) is 147 cm³/mol. The Kier molecular flexibility index (Phi) is 7.86. The quantitative estimate of drug-likeness (QED) is 0.610. The van der Waals surface area contributed by atoms with Gasteiger partial charge in [0.2, 0.25) is 17.5 Å². The molecule has 212 valence electrons. The van der Waals surface area contributed by atoms with Gasteiger partial charge in [-0.25, -0.2) is 4.98 Å². The van der Waals surface area contributed by atoms with E-state index in [1.54, 1.807) is 0 Å². The Balaban J connectivity index is 1.37. The molecule has 1 saturated carbocycles. The molecule has 0 unspecified atom stereocenters. The monoisotopic (exact) mass is 538 g/mol. The van der Waals surface area contributed by atoms with Gasteiger partial charge < -0.3 is 24.2 Å². The summed E-state index contributed by atoms with van der Waals surface area (Å²) in [5.41, 5.74) is 1.32. The first-order chi connectivity index (χ1) is 19.0. The zero-order valence-corrected chi connectivity index (χ0v) is 23.4. The van der Waals surface area contributed by atoms with Crippen molar-refractivity contribution in [3.8, 4) is 17.5 Å². The number of hydrogen-bond donors (Lipinski definition) is 1. The molecule has 10 heteroatoms. The van der Waals surface area contributed by atoms with Gasteiger partial charge >= 0.3 is 0 Å². The van der Waals surface area contributed by atoms with Gasteiger partial charge in [-0.05, 0) is 65.5 Å². The van der Waals surface area contributed by atoms with E-state index < -0.39 is 5.41 Å². The van der Waals surface area contributed by atoms with Crippen molar-refractivity contribution in [3.05, 3.63) is 17.3 Å². The number of hydrogen-bond acceptors (Lipinski definition) is 10. The second-order valence-corrected chi connectivity index (χ2v) is 11.7. The third-order valence-corrected chi connectivity index (χ3v) is 9.19. The molecule has 0 bridgehead atoms. The highest BCUT2D eigenvalue weighted by atomic mass is 16.5. The Hall–Kier alpha value is -2.56. The number of nitrogens with one attached hydrogen (secondary N) is 1. The first-order valence-corrected chi connectivity index (χ1v) is 14.9. The second-order valence-electron chi connectivity index (χ2n) is 11.7. The average molecular weight is 539 g/mol. The van der Waals surface area contributed by atoms with Crippen LogP contribution in [0.1, 0.15) is 69.5 Å². The summed E-state index contributed by atoms with van der Waals surface area (Å²) in [6, 6.07) is 2.30. The van der Waals surface area contributed by atoms with E-state index in [4.69, 9.17) is 24.0 Å². The van der Waals surface area contributed by atoms with E-state index in [2.05, 4.69) is 34.2 Å². The maximum atomic E-state index is 13.2. The number of anilines is 1. The largest absolute Gasteiger partial charge is 0.473 e. The normalized spacial score (nSPS) is 27.6. The number of nitrogens with zero attached hydrogens (tertiary/aromatic N) is 5. The molecule has 2 saturated heterocycles. The van der Waals surface area contributed by atoms with Crippen molar-refractivity contribution in [2.45, 2.75) is 82.3 Å². The average Bonchev–Trinajstić information content (AvgIpc) is 3.60. The highest BCUT2D eigenvalue weighted by Gasteiger charge is 2.48. The SMILES string of the molecule is C[C@H](Oc1cc(N2CCNCCOCC2)nc(-c2onc3c2CCC[C@@]32CCCCC2=O)n1)[C@@H]1CCCN1C. The Morgan fingerprint density at radius 1 is 1.08 bits per heavy atom. The van der Waals surface area contributed by atoms with Crippen LogP contribution < -0.4 is 15.0 Å². The molecule has 2 aliphatic carbocycles. The molecule has 2 aromatic rings. The van der Waals surface area contributed by atoms with Crippen LogP contribution in [0.3, 0.4) is 0 Å². The summed E-state index contributed by atoms with van der Waals surface area (Å²) in [6.07, 6.45) is 8.40. The number of rotatable bonds is 5. The number of fused-ring (bicyclic) bond motifs is 2. The van der Waals surface area contributed by atoms with Crippen molar-refractivity contribution >= 4 is 11.6 Å². The molecule has 3 atom stereocenters. The molecule has 4 aliphatic rings. The summed E-state index contributed by atoms with van der Waals surface area (Å²) in [5, 5.41) is 7.97.